The minimum Gasteiger partial charge on any atom is -0.506 e. The second-order valence-corrected chi connectivity index (χ2v) is 6.50. The summed E-state index contributed by atoms with van der Waals surface area (Å²) in [6.07, 6.45) is -0.0472. The van der Waals surface area contributed by atoms with E-state index in [1.165, 1.54) is 17.7 Å². The molecule has 0 spiro atoms. The van der Waals surface area contributed by atoms with Crippen LogP contribution in [0.4, 0.5) is 0 Å². The van der Waals surface area contributed by atoms with Gasteiger partial charge < -0.3 is 15.2 Å². The quantitative estimate of drug-likeness (QED) is 0.860. The van der Waals surface area contributed by atoms with Gasteiger partial charge in [-0.1, -0.05) is 41.9 Å². The van der Waals surface area contributed by atoms with Gasteiger partial charge in [0.1, 0.15) is 5.75 Å². The Labute approximate surface area is 152 Å². The molecule has 0 radical (unpaired) electrons. The van der Waals surface area contributed by atoms with Gasteiger partial charge in [-0.25, -0.2) is 0 Å². The number of nitrogens with zero attached hydrogens (tertiary/aromatic N) is 1. The van der Waals surface area contributed by atoms with E-state index in [2.05, 4.69) is 22.3 Å². The minimum atomic E-state index is -0.231. The van der Waals surface area contributed by atoms with Crippen molar-refractivity contribution in [2.75, 3.05) is 26.2 Å². The number of nitrogens with one attached hydrogen (secondary N) is 1. The van der Waals surface area contributed by atoms with Crippen LogP contribution in [0.2, 0.25) is 5.02 Å². The molecule has 1 unspecified atom stereocenters. The number of hydrogen-bond acceptors (Lipinski definition) is 4. The van der Waals surface area contributed by atoms with Crippen molar-refractivity contribution in [3.05, 3.63) is 64.7 Å². The highest BCUT2D eigenvalue weighted by molar-refractivity contribution is 6.32. The van der Waals surface area contributed by atoms with Crippen molar-refractivity contribution in [1.29, 1.82) is 0 Å². The van der Waals surface area contributed by atoms with Gasteiger partial charge in [0.25, 0.3) is 5.91 Å². The lowest BCUT2D eigenvalue weighted by molar-refractivity contribution is -0.0292. The molecule has 1 amide bonds. The number of hydrogen-bond donors (Lipinski definition) is 2. The number of amides is 1. The maximum Gasteiger partial charge on any atom is 0.251 e. The van der Waals surface area contributed by atoms with E-state index in [0.29, 0.717) is 18.7 Å². The van der Waals surface area contributed by atoms with Gasteiger partial charge in [-0.15, -0.1) is 0 Å². The summed E-state index contributed by atoms with van der Waals surface area (Å²) in [5.74, 6) is -0.268. The Morgan fingerprint density at radius 1 is 1.28 bits per heavy atom. The van der Waals surface area contributed by atoms with Crippen LogP contribution in [0.25, 0.3) is 0 Å². The average Bonchev–Trinajstić information content (AvgIpc) is 2.63. The van der Waals surface area contributed by atoms with Crippen LogP contribution in [0.15, 0.2) is 48.5 Å². The molecule has 1 saturated heterocycles. The molecule has 2 N–H and O–H groups in total. The zero-order chi connectivity index (χ0) is 17.6. The monoisotopic (exact) mass is 360 g/mol. The van der Waals surface area contributed by atoms with Gasteiger partial charge in [0.2, 0.25) is 0 Å². The second-order valence-electron chi connectivity index (χ2n) is 6.09. The summed E-state index contributed by atoms with van der Waals surface area (Å²) in [4.78, 5) is 14.5. The van der Waals surface area contributed by atoms with E-state index >= 15 is 0 Å². The van der Waals surface area contributed by atoms with Crippen LogP contribution < -0.4 is 5.32 Å². The number of carbonyl (C=O) groups is 1. The van der Waals surface area contributed by atoms with Gasteiger partial charge in [0, 0.05) is 31.7 Å². The van der Waals surface area contributed by atoms with Crippen LogP contribution >= 0.6 is 11.6 Å². The molecule has 1 heterocycles. The van der Waals surface area contributed by atoms with Crippen LogP contribution in [-0.4, -0.2) is 48.3 Å². The number of aromatic hydroxyl groups is 1. The lowest BCUT2D eigenvalue weighted by Gasteiger charge is -2.33. The molecule has 2 aromatic rings. The van der Waals surface area contributed by atoms with Gasteiger partial charge in [-0.3, -0.25) is 9.69 Å². The number of rotatable bonds is 5. The number of halogens is 1. The Bertz CT molecular complexity index is 724. The van der Waals surface area contributed by atoms with Crippen molar-refractivity contribution in [2.24, 2.45) is 0 Å². The summed E-state index contributed by atoms with van der Waals surface area (Å²) in [6, 6.07) is 14.7. The van der Waals surface area contributed by atoms with Crippen molar-refractivity contribution in [2.45, 2.75) is 12.6 Å². The molecule has 1 aliphatic heterocycles. The molecule has 0 aromatic heterocycles. The van der Waals surface area contributed by atoms with Crippen LogP contribution in [0, 0.1) is 0 Å². The molecule has 132 valence electrons. The molecule has 3 rings (SSSR count). The summed E-state index contributed by atoms with van der Waals surface area (Å²) in [6.45, 7) is 3.61. The molecule has 1 atom stereocenters. The summed E-state index contributed by atoms with van der Waals surface area (Å²) < 4.78 is 5.75. The number of benzene rings is 2. The maximum atomic E-state index is 12.2. The first-order valence-electron chi connectivity index (χ1n) is 8.26. The molecule has 25 heavy (non-hydrogen) atoms. The highest BCUT2D eigenvalue weighted by Crippen LogP contribution is 2.23. The number of morpholine rings is 1. The molecular formula is C19H21ClN2O3. The van der Waals surface area contributed by atoms with E-state index in [1.54, 1.807) is 6.07 Å². The third kappa shape index (κ3) is 4.95. The zero-order valence-electron chi connectivity index (χ0n) is 13.8. The third-order valence-corrected chi connectivity index (χ3v) is 4.47. The topological polar surface area (TPSA) is 61.8 Å². The van der Waals surface area contributed by atoms with Crippen molar-refractivity contribution in [1.82, 2.24) is 10.2 Å². The van der Waals surface area contributed by atoms with E-state index < -0.39 is 0 Å². The number of phenolic OH excluding ortho intramolecular Hbond substituents is 1. The molecule has 5 nitrogen and oxygen atoms in total. The van der Waals surface area contributed by atoms with Crippen molar-refractivity contribution in [3.63, 3.8) is 0 Å². The van der Waals surface area contributed by atoms with Crippen molar-refractivity contribution < 1.29 is 14.6 Å². The van der Waals surface area contributed by atoms with Crippen LogP contribution in [0.1, 0.15) is 15.9 Å². The molecule has 0 bridgehead atoms. The Balaban J connectivity index is 1.50. The van der Waals surface area contributed by atoms with Crippen LogP contribution in [0.5, 0.6) is 5.75 Å². The van der Waals surface area contributed by atoms with Gasteiger partial charge >= 0.3 is 0 Å². The first-order chi connectivity index (χ1) is 12.1. The van der Waals surface area contributed by atoms with E-state index in [4.69, 9.17) is 16.3 Å². The lowest BCUT2D eigenvalue weighted by Crippen LogP contribution is -2.47. The summed E-state index contributed by atoms with van der Waals surface area (Å²) >= 11 is 5.84. The molecule has 2 aromatic carbocycles. The van der Waals surface area contributed by atoms with Crippen LogP contribution in [0.3, 0.4) is 0 Å². The largest absolute Gasteiger partial charge is 0.506 e. The molecule has 1 fully saturated rings. The molecular weight excluding hydrogens is 340 g/mol. The van der Waals surface area contributed by atoms with E-state index in [9.17, 15) is 9.90 Å². The predicted octanol–water partition coefficient (Wildman–Crippen LogP) is 2.68. The summed E-state index contributed by atoms with van der Waals surface area (Å²) in [5.41, 5.74) is 1.69. The summed E-state index contributed by atoms with van der Waals surface area (Å²) in [7, 11) is 0. The smallest absolute Gasteiger partial charge is 0.251 e. The highest BCUT2D eigenvalue weighted by atomic mass is 35.5. The molecule has 1 aliphatic rings. The van der Waals surface area contributed by atoms with Crippen LogP contribution in [-0.2, 0) is 11.3 Å². The first kappa shape index (κ1) is 17.7. The SMILES string of the molecule is O=C(NCC1CN(Cc2ccccc2)CCO1)c1ccc(O)c(Cl)c1. The van der Waals surface area contributed by atoms with E-state index in [1.807, 2.05) is 18.2 Å². The van der Waals surface area contributed by atoms with Crippen molar-refractivity contribution in [3.8, 4) is 5.75 Å². The van der Waals surface area contributed by atoms with Gasteiger partial charge in [-0.05, 0) is 23.8 Å². The third-order valence-electron chi connectivity index (χ3n) is 4.17. The van der Waals surface area contributed by atoms with Gasteiger partial charge in [-0.2, -0.15) is 0 Å². The van der Waals surface area contributed by atoms with Gasteiger partial charge in [0.05, 0.1) is 17.7 Å². The lowest BCUT2D eigenvalue weighted by atomic mass is 10.1. The molecule has 0 aliphatic carbocycles. The summed E-state index contributed by atoms with van der Waals surface area (Å²) in [5, 5.41) is 12.5. The van der Waals surface area contributed by atoms with Gasteiger partial charge in [0.15, 0.2) is 0 Å². The van der Waals surface area contributed by atoms with E-state index in [-0.39, 0.29) is 22.8 Å². The van der Waals surface area contributed by atoms with Crippen molar-refractivity contribution >= 4 is 17.5 Å². The van der Waals surface area contributed by atoms with E-state index in [0.717, 1.165) is 19.6 Å². The standard InChI is InChI=1S/C19H21ClN2O3/c20-17-10-15(6-7-18(17)23)19(24)21-11-16-13-22(8-9-25-16)12-14-4-2-1-3-5-14/h1-7,10,16,23H,8-9,11-13H2,(H,21,24). The minimum absolute atomic E-state index is 0.0367. The fourth-order valence-corrected chi connectivity index (χ4v) is 3.03. The second kappa shape index (κ2) is 8.34. The Morgan fingerprint density at radius 2 is 2.08 bits per heavy atom. The number of carbonyl (C=O) groups excluding carboxylic acids is 1. The number of ether oxygens (including phenoxy) is 1. The number of phenols is 1. The molecule has 6 heteroatoms. The first-order valence-corrected chi connectivity index (χ1v) is 8.64. The zero-order valence-corrected chi connectivity index (χ0v) is 14.6. The normalized spacial score (nSPS) is 18.0. The highest BCUT2D eigenvalue weighted by Gasteiger charge is 2.21. The predicted molar refractivity (Wildman–Crippen MR) is 96.9 cm³/mol. The Kier molecular flexibility index (Phi) is 5.91. The molecule has 0 saturated carbocycles. The average molecular weight is 361 g/mol. The Morgan fingerprint density at radius 3 is 2.84 bits per heavy atom. The Hall–Kier alpha value is -2.08. The maximum absolute atomic E-state index is 12.2. The fourth-order valence-electron chi connectivity index (χ4n) is 2.85. The fraction of sp³-hybridized carbons (Fsp3) is 0.316.